The predicted molar refractivity (Wildman–Crippen MR) is 168 cm³/mol. The topological polar surface area (TPSA) is 161 Å². The molecule has 0 saturated heterocycles. The van der Waals surface area contributed by atoms with Crippen LogP contribution in [0.25, 0.3) is 33.4 Å². The molecule has 2 unspecified atom stereocenters. The minimum atomic E-state index is -5.04. The number of benzene rings is 4. The molecule has 0 aliphatic heterocycles. The molecule has 4 aromatic rings. The molecule has 0 fully saturated rings. The molecular formula is C38H14F6N6O2. The summed E-state index contributed by atoms with van der Waals surface area (Å²) in [4.78, 5) is 0. The Balaban J connectivity index is 1.56. The van der Waals surface area contributed by atoms with Crippen molar-refractivity contribution >= 4 is 11.1 Å². The number of hydrogen-bond donors (Lipinski definition) is 0. The first-order chi connectivity index (χ1) is 24.7. The Labute approximate surface area is 290 Å². The van der Waals surface area contributed by atoms with Crippen molar-refractivity contribution in [2.24, 2.45) is 0 Å². The van der Waals surface area contributed by atoms with Gasteiger partial charge in [-0.2, -0.15) is 31.6 Å². The molecule has 2 atom stereocenters. The lowest BCUT2D eigenvalue weighted by Gasteiger charge is -2.15. The first-order valence-electron chi connectivity index (χ1n) is 14.7. The van der Waals surface area contributed by atoms with E-state index in [0.717, 1.165) is 12.1 Å². The highest BCUT2D eigenvalue weighted by Gasteiger charge is 2.49. The second-order valence-electron chi connectivity index (χ2n) is 11.3. The van der Waals surface area contributed by atoms with E-state index in [4.69, 9.17) is 0 Å². The number of halogens is 6. The quantitative estimate of drug-likeness (QED) is 0.150. The van der Waals surface area contributed by atoms with E-state index in [9.17, 15) is 57.9 Å². The minimum Gasteiger partial charge on any atom is -0.404 e. The van der Waals surface area contributed by atoms with E-state index in [1.54, 1.807) is 48.5 Å². The molecule has 14 heteroatoms. The third-order valence-corrected chi connectivity index (χ3v) is 8.61. The molecule has 8 nitrogen and oxygen atoms in total. The predicted octanol–water partition coefficient (Wildman–Crippen LogP) is 9.06. The molecule has 0 aromatic heterocycles. The van der Waals surface area contributed by atoms with E-state index in [1.165, 1.54) is 24.3 Å². The summed E-state index contributed by atoms with van der Waals surface area (Å²) >= 11 is 0. The normalized spacial score (nSPS) is 15.3. The zero-order chi connectivity index (χ0) is 37.5. The molecule has 0 spiro atoms. The number of nitrogens with zero attached hydrogens (tertiary/aromatic N) is 6. The van der Waals surface area contributed by atoms with Crippen LogP contribution in [-0.2, 0) is 0 Å². The standard InChI is InChI=1S/C38H14F6N6O2/c39-37(40,41)51-31-7-3-19(9-23(31)13-45)21-1-5-27-29(11-21)35-34(26(17-49)18-50)28-6-2-22(12-30(28)36(35)33(27)25(15-47)16-48)20-4-8-32(24(10-20)14-46)52-38(42,43)44/h1-12,35-36H. The Morgan fingerprint density at radius 1 is 0.481 bits per heavy atom. The van der Waals surface area contributed by atoms with Gasteiger partial charge in [-0.1, -0.05) is 36.4 Å². The summed E-state index contributed by atoms with van der Waals surface area (Å²) in [5, 5.41) is 59.3. The van der Waals surface area contributed by atoms with Crippen molar-refractivity contribution in [1.29, 1.82) is 31.6 Å². The monoisotopic (exact) mass is 700 g/mol. The second-order valence-corrected chi connectivity index (χ2v) is 11.3. The third-order valence-electron chi connectivity index (χ3n) is 8.61. The number of rotatable bonds is 4. The highest BCUT2D eigenvalue weighted by atomic mass is 19.4. The van der Waals surface area contributed by atoms with Gasteiger partial charge in [-0.3, -0.25) is 0 Å². The van der Waals surface area contributed by atoms with Crippen LogP contribution in [0.1, 0.15) is 45.2 Å². The first-order valence-corrected chi connectivity index (χ1v) is 14.7. The van der Waals surface area contributed by atoms with Gasteiger partial charge in [-0.15, -0.1) is 26.3 Å². The van der Waals surface area contributed by atoms with Crippen LogP contribution in [-0.4, -0.2) is 12.7 Å². The van der Waals surface area contributed by atoms with Crippen LogP contribution in [0.5, 0.6) is 11.5 Å². The summed E-state index contributed by atoms with van der Waals surface area (Å²) < 4.78 is 85.5. The lowest BCUT2D eigenvalue weighted by Crippen LogP contribution is -2.17. The lowest BCUT2D eigenvalue weighted by molar-refractivity contribution is -0.275. The number of ether oxygens (including phenoxy) is 2. The molecule has 4 aromatic carbocycles. The Morgan fingerprint density at radius 3 is 1.12 bits per heavy atom. The van der Waals surface area contributed by atoms with Crippen LogP contribution >= 0.6 is 0 Å². The van der Waals surface area contributed by atoms with E-state index in [2.05, 4.69) is 9.47 Å². The van der Waals surface area contributed by atoms with Crippen LogP contribution in [0.15, 0.2) is 83.9 Å². The van der Waals surface area contributed by atoms with Gasteiger partial charge in [0.2, 0.25) is 0 Å². The lowest BCUT2D eigenvalue weighted by atomic mass is 9.85. The summed E-state index contributed by atoms with van der Waals surface area (Å²) in [6.07, 6.45) is -10.1. The van der Waals surface area contributed by atoms with Crippen molar-refractivity contribution in [2.75, 3.05) is 0 Å². The van der Waals surface area contributed by atoms with E-state index >= 15 is 0 Å². The van der Waals surface area contributed by atoms with Gasteiger partial charge in [-0.05, 0) is 92.1 Å². The molecule has 0 saturated carbocycles. The Morgan fingerprint density at radius 2 is 0.808 bits per heavy atom. The van der Waals surface area contributed by atoms with Crippen LogP contribution in [0, 0.1) is 68.0 Å². The molecule has 0 bridgehead atoms. The van der Waals surface area contributed by atoms with E-state index in [1.807, 2.05) is 24.3 Å². The molecular weight excluding hydrogens is 686 g/mol. The van der Waals surface area contributed by atoms with Crippen molar-refractivity contribution in [3.63, 3.8) is 0 Å². The van der Waals surface area contributed by atoms with E-state index in [0.29, 0.717) is 44.5 Å². The van der Waals surface area contributed by atoms with Crippen molar-refractivity contribution in [3.8, 4) is 70.2 Å². The van der Waals surface area contributed by atoms with E-state index in [-0.39, 0.29) is 22.3 Å². The summed E-state index contributed by atoms with van der Waals surface area (Å²) in [5.41, 5.74) is 2.50. The van der Waals surface area contributed by atoms with E-state index < -0.39 is 47.2 Å². The number of allylic oxidation sites excluding steroid dienone is 4. The maximum Gasteiger partial charge on any atom is 0.573 e. The maximum absolute atomic E-state index is 12.9. The maximum atomic E-state index is 12.9. The second kappa shape index (κ2) is 12.7. The van der Waals surface area contributed by atoms with Gasteiger partial charge in [-0.25, -0.2) is 0 Å². The van der Waals surface area contributed by atoms with Crippen LogP contribution in [0.2, 0.25) is 0 Å². The Bertz CT molecular complexity index is 2330. The summed E-state index contributed by atoms with van der Waals surface area (Å²) in [6, 6.07) is 27.7. The summed E-state index contributed by atoms with van der Waals surface area (Å²) in [6.45, 7) is 0. The fraction of sp³-hybridized carbons (Fsp3) is 0.105. The summed E-state index contributed by atoms with van der Waals surface area (Å²) in [5.74, 6) is -3.05. The largest absolute Gasteiger partial charge is 0.573 e. The number of nitriles is 6. The fourth-order valence-electron chi connectivity index (χ4n) is 6.72. The zero-order valence-electron chi connectivity index (χ0n) is 25.9. The van der Waals surface area contributed by atoms with Crippen molar-refractivity contribution in [3.05, 3.63) is 117 Å². The van der Waals surface area contributed by atoms with Gasteiger partial charge in [0, 0.05) is 11.8 Å². The van der Waals surface area contributed by atoms with Gasteiger partial charge in [0.25, 0.3) is 0 Å². The molecule has 250 valence electrons. The van der Waals surface area contributed by atoms with Crippen LogP contribution in [0.3, 0.4) is 0 Å². The molecule has 0 radical (unpaired) electrons. The summed E-state index contributed by atoms with van der Waals surface area (Å²) in [7, 11) is 0. The average Bonchev–Trinajstić information content (AvgIpc) is 3.61. The van der Waals surface area contributed by atoms with Crippen molar-refractivity contribution < 1.29 is 35.8 Å². The fourth-order valence-corrected chi connectivity index (χ4v) is 6.72. The average molecular weight is 701 g/mol. The molecule has 0 heterocycles. The minimum absolute atomic E-state index is 0.268. The number of hydrogen-bond acceptors (Lipinski definition) is 8. The van der Waals surface area contributed by atoms with Gasteiger partial charge in [0.05, 0.1) is 11.1 Å². The highest BCUT2D eigenvalue weighted by molar-refractivity contribution is 6.00. The highest BCUT2D eigenvalue weighted by Crippen LogP contribution is 2.64. The number of alkyl halides is 6. The smallest absolute Gasteiger partial charge is 0.404 e. The van der Waals surface area contributed by atoms with Gasteiger partial charge < -0.3 is 9.47 Å². The molecule has 0 amide bonds. The van der Waals surface area contributed by atoms with Crippen molar-refractivity contribution in [2.45, 2.75) is 24.6 Å². The third kappa shape index (κ3) is 5.99. The van der Waals surface area contributed by atoms with Gasteiger partial charge in [0.1, 0.15) is 59.1 Å². The molecule has 6 rings (SSSR count). The van der Waals surface area contributed by atoms with Crippen molar-refractivity contribution in [1.82, 2.24) is 0 Å². The Kier molecular flexibility index (Phi) is 8.41. The van der Waals surface area contributed by atoms with Crippen LogP contribution < -0.4 is 9.47 Å². The Hall–Kier alpha value is -7.52. The number of fused-ring (bicyclic) bond motifs is 5. The zero-order valence-corrected chi connectivity index (χ0v) is 25.9. The van der Waals surface area contributed by atoms with Crippen LogP contribution in [0.4, 0.5) is 26.3 Å². The molecule has 52 heavy (non-hydrogen) atoms. The molecule has 2 aliphatic rings. The first kappa shape index (κ1) is 34.3. The molecule has 0 N–H and O–H groups in total. The molecule has 2 aliphatic carbocycles. The van der Waals surface area contributed by atoms with Gasteiger partial charge >= 0.3 is 12.7 Å². The SMILES string of the molecule is N#CC(C#N)=C1c2ccc(-c3ccc(OC(F)(F)F)c(C#N)c3)cc2C2C(=C(C#N)C#N)c3ccc(-c4ccc(OC(F)(F)F)c(C#N)c4)cc3C12. The van der Waals surface area contributed by atoms with Gasteiger partial charge in [0.15, 0.2) is 0 Å².